The molecule has 1 amide bonds. The quantitative estimate of drug-likeness (QED) is 0.835. The van der Waals surface area contributed by atoms with E-state index in [1.54, 1.807) is 13.3 Å². The van der Waals surface area contributed by atoms with Gasteiger partial charge in [0.05, 0.1) is 18.4 Å². The van der Waals surface area contributed by atoms with E-state index in [2.05, 4.69) is 35.9 Å². The highest BCUT2D eigenvalue weighted by molar-refractivity contribution is 5.95. The Bertz CT molecular complexity index is 781. The molecule has 0 aliphatic carbocycles. The Morgan fingerprint density at radius 2 is 2.00 bits per heavy atom. The molecule has 0 unspecified atom stereocenters. The molecule has 1 aromatic carbocycles. The van der Waals surface area contributed by atoms with Crippen LogP contribution in [0.25, 0.3) is 0 Å². The molecule has 5 nitrogen and oxygen atoms in total. The number of amides is 1. The van der Waals surface area contributed by atoms with Crippen molar-refractivity contribution in [2.45, 2.75) is 45.4 Å². The second kappa shape index (κ2) is 7.85. The number of likely N-dealkylation sites (tertiary alicyclic amines) is 1. The van der Waals surface area contributed by atoms with Gasteiger partial charge in [-0.2, -0.15) is 0 Å². The van der Waals surface area contributed by atoms with Crippen LogP contribution in [0.5, 0.6) is 5.75 Å². The van der Waals surface area contributed by atoms with Gasteiger partial charge >= 0.3 is 0 Å². The van der Waals surface area contributed by atoms with Gasteiger partial charge in [-0.25, -0.2) is 9.97 Å². The van der Waals surface area contributed by atoms with Crippen molar-refractivity contribution < 1.29 is 9.53 Å². The first-order valence-electron chi connectivity index (χ1n) is 9.26. The van der Waals surface area contributed by atoms with Crippen molar-refractivity contribution in [3.05, 3.63) is 53.1 Å². The molecule has 1 aliphatic rings. The van der Waals surface area contributed by atoms with Gasteiger partial charge in [0, 0.05) is 19.3 Å². The van der Waals surface area contributed by atoms with E-state index in [9.17, 15) is 4.79 Å². The number of nitrogens with zero attached hydrogens (tertiary/aromatic N) is 3. The number of aromatic nitrogens is 2. The van der Waals surface area contributed by atoms with Gasteiger partial charge in [-0.15, -0.1) is 0 Å². The minimum Gasteiger partial charge on any atom is -0.497 e. The number of carbonyl (C=O) groups is 1. The summed E-state index contributed by atoms with van der Waals surface area (Å²) in [6, 6.07) is 8.25. The molecule has 1 saturated heterocycles. The third-order valence-electron chi connectivity index (χ3n) is 5.06. The van der Waals surface area contributed by atoms with Crippen molar-refractivity contribution >= 4 is 5.91 Å². The summed E-state index contributed by atoms with van der Waals surface area (Å²) < 4.78 is 5.33. The maximum atomic E-state index is 13.0. The molecule has 1 aliphatic heterocycles. The number of carbonyl (C=O) groups excluding carboxylic acids is 1. The number of aryl methyl sites for hydroxylation is 1. The average molecular weight is 353 g/mol. The van der Waals surface area contributed by atoms with Gasteiger partial charge in [0.15, 0.2) is 0 Å². The zero-order valence-electron chi connectivity index (χ0n) is 16.0. The van der Waals surface area contributed by atoms with Crippen LogP contribution in [0.15, 0.2) is 30.5 Å². The summed E-state index contributed by atoms with van der Waals surface area (Å²) in [4.78, 5) is 23.7. The van der Waals surface area contributed by atoms with E-state index in [1.807, 2.05) is 24.0 Å². The molecule has 26 heavy (non-hydrogen) atoms. The van der Waals surface area contributed by atoms with Crippen molar-refractivity contribution in [2.24, 2.45) is 0 Å². The van der Waals surface area contributed by atoms with Gasteiger partial charge < -0.3 is 9.64 Å². The van der Waals surface area contributed by atoms with Crippen LogP contribution >= 0.6 is 0 Å². The van der Waals surface area contributed by atoms with E-state index in [0.717, 1.165) is 37.4 Å². The predicted octanol–water partition coefficient (Wildman–Crippen LogP) is 3.94. The van der Waals surface area contributed by atoms with Crippen molar-refractivity contribution in [2.75, 3.05) is 20.2 Å². The molecule has 1 fully saturated rings. The first-order chi connectivity index (χ1) is 12.5. The van der Waals surface area contributed by atoms with Gasteiger partial charge in [-0.1, -0.05) is 26.0 Å². The second-order valence-corrected chi connectivity index (χ2v) is 7.21. The molecule has 138 valence electrons. The van der Waals surface area contributed by atoms with Crippen molar-refractivity contribution in [1.82, 2.24) is 14.9 Å². The molecule has 3 rings (SSSR count). The van der Waals surface area contributed by atoms with Crippen LogP contribution < -0.4 is 4.74 Å². The standard InChI is InChI=1S/C21H27N3O2/c1-14(2)20-19(13-22-15(3)23-20)21(25)24-10-8-16(9-11-24)17-6-5-7-18(12-17)26-4/h5-7,12-14,16H,8-11H2,1-4H3. The molecule has 0 saturated carbocycles. The third-order valence-corrected chi connectivity index (χ3v) is 5.06. The monoisotopic (exact) mass is 353 g/mol. The minimum atomic E-state index is 0.0535. The zero-order chi connectivity index (χ0) is 18.7. The van der Waals surface area contributed by atoms with Gasteiger partial charge in [0.25, 0.3) is 5.91 Å². The Hall–Kier alpha value is -2.43. The maximum absolute atomic E-state index is 13.0. The number of rotatable bonds is 4. The fourth-order valence-electron chi connectivity index (χ4n) is 3.57. The Kier molecular flexibility index (Phi) is 5.55. The van der Waals surface area contributed by atoms with Crippen molar-refractivity contribution in [3.63, 3.8) is 0 Å². The summed E-state index contributed by atoms with van der Waals surface area (Å²) in [6.07, 6.45) is 3.61. The van der Waals surface area contributed by atoms with Crippen LogP contribution in [0.2, 0.25) is 0 Å². The molecule has 0 N–H and O–H groups in total. The molecular formula is C21H27N3O2. The van der Waals surface area contributed by atoms with Gasteiger partial charge in [-0.3, -0.25) is 4.79 Å². The highest BCUT2D eigenvalue weighted by Gasteiger charge is 2.27. The number of ether oxygens (including phenoxy) is 1. The van der Waals surface area contributed by atoms with Crippen LogP contribution in [-0.2, 0) is 0 Å². The van der Waals surface area contributed by atoms with Crippen LogP contribution in [-0.4, -0.2) is 41.0 Å². The first kappa shape index (κ1) is 18.4. The molecule has 0 spiro atoms. The van der Waals surface area contributed by atoms with Gasteiger partial charge in [0.1, 0.15) is 11.6 Å². The lowest BCUT2D eigenvalue weighted by Gasteiger charge is -2.32. The molecule has 2 heterocycles. The SMILES string of the molecule is COc1cccc(C2CCN(C(=O)c3cnc(C)nc3C(C)C)CC2)c1. The number of benzene rings is 1. The normalized spacial score (nSPS) is 15.3. The van der Waals surface area contributed by atoms with E-state index in [-0.39, 0.29) is 11.8 Å². The lowest BCUT2D eigenvalue weighted by Crippen LogP contribution is -2.38. The fourth-order valence-corrected chi connectivity index (χ4v) is 3.57. The first-order valence-corrected chi connectivity index (χ1v) is 9.26. The van der Waals surface area contributed by atoms with Gasteiger partial charge in [0.2, 0.25) is 0 Å². The third kappa shape index (κ3) is 3.87. The highest BCUT2D eigenvalue weighted by Crippen LogP contribution is 2.31. The average Bonchev–Trinajstić information content (AvgIpc) is 2.67. The summed E-state index contributed by atoms with van der Waals surface area (Å²) >= 11 is 0. The summed E-state index contributed by atoms with van der Waals surface area (Å²) in [5, 5.41) is 0. The predicted molar refractivity (Wildman–Crippen MR) is 102 cm³/mol. The van der Waals surface area contributed by atoms with Crippen LogP contribution in [0, 0.1) is 6.92 Å². The van der Waals surface area contributed by atoms with Crippen molar-refractivity contribution in [3.8, 4) is 5.75 Å². The minimum absolute atomic E-state index is 0.0535. The Labute approximate surface area is 155 Å². The molecule has 1 aromatic heterocycles. The van der Waals surface area contributed by atoms with E-state index in [1.165, 1.54) is 5.56 Å². The molecule has 5 heteroatoms. The Morgan fingerprint density at radius 1 is 1.27 bits per heavy atom. The number of methoxy groups -OCH3 is 1. The molecule has 0 atom stereocenters. The van der Waals surface area contributed by atoms with Crippen LogP contribution in [0.4, 0.5) is 0 Å². The van der Waals surface area contributed by atoms with Crippen LogP contribution in [0.3, 0.4) is 0 Å². The summed E-state index contributed by atoms with van der Waals surface area (Å²) in [5.41, 5.74) is 2.78. The fraction of sp³-hybridized carbons (Fsp3) is 0.476. The molecule has 0 radical (unpaired) electrons. The van der Waals surface area contributed by atoms with E-state index in [4.69, 9.17) is 4.74 Å². The Morgan fingerprint density at radius 3 is 2.65 bits per heavy atom. The van der Waals surface area contributed by atoms with E-state index < -0.39 is 0 Å². The smallest absolute Gasteiger partial charge is 0.257 e. The topological polar surface area (TPSA) is 55.3 Å². The van der Waals surface area contributed by atoms with Crippen molar-refractivity contribution in [1.29, 1.82) is 0 Å². The second-order valence-electron chi connectivity index (χ2n) is 7.21. The zero-order valence-corrected chi connectivity index (χ0v) is 16.0. The van der Waals surface area contributed by atoms with Gasteiger partial charge in [-0.05, 0) is 49.3 Å². The number of hydrogen-bond acceptors (Lipinski definition) is 4. The molecular weight excluding hydrogens is 326 g/mol. The lowest BCUT2D eigenvalue weighted by atomic mass is 9.89. The summed E-state index contributed by atoms with van der Waals surface area (Å²) in [7, 11) is 1.69. The number of hydrogen-bond donors (Lipinski definition) is 0. The summed E-state index contributed by atoms with van der Waals surface area (Å²) in [6.45, 7) is 7.50. The maximum Gasteiger partial charge on any atom is 0.257 e. The van der Waals surface area contributed by atoms with E-state index in [0.29, 0.717) is 17.3 Å². The van der Waals surface area contributed by atoms with E-state index >= 15 is 0 Å². The largest absolute Gasteiger partial charge is 0.497 e. The summed E-state index contributed by atoms with van der Waals surface area (Å²) in [5.74, 6) is 2.32. The number of piperidine rings is 1. The Balaban J connectivity index is 1.71. The van der Waals surface area contributed by atoms with Crippen LogP contribution in [0.1, 0.15) is 66.0 Å². The highest BCUT2D eigenvalue weighted by atomic mass is 16.5. The molecule has 0 bridgehead atoms. The lowest BCUT2D eigenvalue weighted by molar-refractivity contribution is 0.0710. The molecule has 2 aromatic rings.